The topological polar surface area (TPSA) is 35.2 Å². The number of ether oxygens (including phenoxy) is 1. The third kappa shape index (κ3) is 2.65. The van der Waals surface area contributed by atoms with Crippen molar-refractivity contribution in [3.8, 4) is 5.75 Å². The number of nitrogens with two attached hydrogens (primary N) is 1. The Morgan fingerprint density at radius 3 is 2.76 bits per heavy atom. The Balaban J connectivity index is 2.46. The van der Waals surface area contributed by atoms with Crippen LogP contribution in [0.15, 0.2) is 34.1 Å². The smallest absolute Gasteiger partial charge is 0.124 e. The summed E-state index contributed by atoms with van der Waals surface area (Å²) in [6.45, 7) is 0. The van der Waals surface area contributed by atoms with Gasteiger partial charge in [0.15, 0.2) is 0 Å². The molecule has 90 valence electrons. The molecule has 0 aliphatic heterocycles. The largest absolute Gasteiger partial charge is 0.496 e. The van der Waals surface area contributed by atoms with Crippen molar-refractivity contribution in [2.75, 3.05) is 7.11 Å². The van der Waals surface area contributed by atoms with Crippen LogP contribution < -0.4 is 10.5 Å². The van der Waals surface area contributed by atoms with E-state index in [1.807, 2.05) is 29.6 Å². The van der Waals surface area contributed by atoms with Crippen molar-refractivity contribution in [2.45, 2.75) is 6.04 Å². The molecule has 0 aliphatic rings. The van der Waals surface area contributed by atoms with E-state index in [0.29, 0.717) is 5.02 Å². The molecule has 2 N–H and O–H groups in total. The zero-order valence-electron chi connectivity index (χ0n) is 9.11. The van der Waals surface area contributed by atoms with Crippen LogP contribution in [-0.4, -0.2) is 7.11 Å². The Morgan fingerprint density at radius 2 is 2.18 bits per heavy atom. The fourth-order valence-corrected chi connectivity index (χ4v) is 3.19. The van der Waals surface area contributed by atoms with E-state index in [1.54, 1.807) is 18.4 Å². The summed E-state index contributed by atoms with van der Waals surface area (Å²) in [5.41, 5.74) is 7.15. The monoisotopic (exact) mass is 331 g/mol. The molecule has 0 saturated heterocycles. The van der Waals surface area contributed by atoms with E-state index in [1.165, 1.54) is 0 Å². The van der Waals surface area contributed by atoms with E-state index in [9.17, 15) is 0 Å². The number of hydrogen-bond donors (Lipinski definition) is 1. The van der Waals surface area contributed by atoms with Gasteiger partial charge in [-0.05, 0) is 29.6 Å². The van der Waals surface area contributed by atoms with E-state index in [4.69, 9.17) is 22.1 Å². The van der Waals surface area contributed by atoms with Crippen molar-refractivity contribution in [3.63, 3.8) is 0 Å². The first-order chi connectivity index (χ1) is 8.13. The molecule has 2 aromatic rings. The van der Waals surface area contributed by atoms with E-state index < -0.39 is 0 Å². The fraction of sp³-hybridized carbons (Fsp3) is 0.167. The zero-order valence-corrected chi connectivity index (χ0v) is 12.3. The van der Waals surface area contributed by atoms with Gasteiger partial charge in [0, 0.05) is 14.9 Å². The predicted molar refractivity (Wildman–Crippen MR) is 76.1 cm³/mol. The number of methoxy groups -OCH3 is 1. The van der Waals surface area contributed by atoms with Crippen LogP contribution in [0.1, 0.15) is 16.5 Å². The summed E-state index contributed by atoms with van der Waals surface area (Å²) in [7, 11) is 1.63. The van der Waals surface area contributed by atoms with Gasteiger partial charge in [0.2, 0.25) is 0 Å². The van der Waals surface area contributed by atoms with E-state index >= 15 is 0 Å². The summed E-state index contributed by atoms with van der Waals surface area (Å²) in [5, 5.41) is 2.63. The SMILES string of the molecule is COc1ccc(Br)cc1C(N)c1sccc1Cl. The highest BCUT2D eigenvalue weighted by molar-refractivity contribution is 9.10. The fourth-order valence-electron chi connectivity index (χ4n) is 1.62. The molecule has 0 amide bonds. The van der Waals surface area contributed by atoms with E-state index in [2.05, 4.69) is 15.9 Å². The first-order valence-corrected chi connectivity index (χ1v) is 7.00. The molecule has 1 atom stereocenters. The molecular formula is C12H11BrClNOS. The van der Waals surface area contributed by atoms with Crippen LogP contribution in [0.25, 0.3) is 0 Å². The highest BCUT2D eigenvalue weighted by atomic mass is 79.9. The highest BCUT2D eigenvalue weighted by Gasteiger charge is 2.18. The Hall–Kier alpha value is -0.550. The minimum Gasteiger partial charge on any atom is -0.496 e. The molecule has 1 aromatic heterocycles. The number of halogens is 2. The first kappa shape index (κ1) is 12.9. The number of benzene rings is 1. The van der Waals surface area contributed by atoms with Gasteiger partial charge in [0.05, 0.1) is 18.2 Å². The number of thiophene rings is 1. The van der Waals surface area contributed by atoms with Crippen LogP contribution in [0.2, 0.25) is 5.02 Å². The lowest BCUT2D eigenvalue weighted by atomic mass is 10.1. The standard InChI is InChI=1S/C12H11BrClNOS/c1-16-10-3-2-7(13)6-8(10)11(15)12-9(14)4-5-17-12/h2-6,11H,15H2,1H3. The van der Waals surface area contributed by atoms with Gasteiger partial charge in [0.25, 0.3) is 0 Å². The Bertz CT molecular complexity index is 529. The molecule has 0 saturated carbocycles. The lowest BCUT2D eigenvalue weighted by molar-refractivity contribution is 0.408. The van der Waals surface area contributed by atoms with E-state index in [-0.39, 0.29) is 6.04 Å². The maximum absolute atomic E-state index is 6.23. The lowest BCUT2D eigenvalue weighted by Gasteiger charge is -2.15. The second-order valence-electron chi connectivity index (χ2n) is 3.50. The van der Waals surface area contributed by atoms with Crippen LogP contribution in [0.4, 0.5) is 0 Å². The Labute approximate surface area is 117 Å². The normalized spacial score (nSPS) is 12.5. The van der Waals surface area contributed by atoms with E-state index in [0.717, 1.165) is 20.7 Å². The van der Waals surface area contributed by atoms with Crippen LogP contribution >= 0.6 is 38.9 Å². The predicted octanol–water partition coefficient (Wildman–Crippen LogP) is 4.22. The van der Waals surface area contributed by atoms with Gasteiger partial charge >= 0.3 is 0 Å². The quantitative estimate of drug-likeness (QED) is 0.913. The summed E-state index contributed by atoms with van der Waals surface area (Å²) < 4.78 is 6.29. The van der Waals surface area contributed by atoms with Gasteiger partial charge in [-0.15, -0.1) is 11.3 Å². The summed E-state index contributed by atoms with van der Waals surface area (Å²) in [5.74, 6) is 0.769. The summed E-state index contributed by atoms with van der Waals surface area (Å²) in [6.07, 6.45) is 0. The third-order valence-corrected chi connectivity index (χ3v) is 4.39. The van der Waals surface area contributed by atoms with Crippen molar-refractivity contribution in [1.29, 1.82) is 0 Å². The summed E-state index contributed by atoms with van der Waals surface area (Å²) >= 11 is 11.1. The molecule has 5 heteroatoms. The lowest BCUT2D eigenvalue weighted by Crippen LogP contribution is -2.12. The van der Waals surface area contributed by atoms with Crippen LogP contribution in [0, 0.1) is 0 Å². The molecule has 17 heavy (non-hydrogen) atoms. The van der Waals surface area contributed by atoms with Crippen LogP contribution in [0.5, 0.6) is 5.75 Å². The molecule has 0 radical (unpaired) electrons. The minimum atomic E-state index is -0.269. The molecule has 2 nitrogen and oxygen atoms in total. The maximum atomic E-state index is 6.23. The maximum Gasteiger partial charge on any atom is 0.124 e. The molecule has 0 fully saturated rings. The van der Waals surface area contributed by atoms with Gasteiger partial charge in [-0.3, -0.25) is 0 Å². The molecule has 0 spiro atoms. The average Bonchev–Trinajstić information content (AvgIpc) is 2.74. The second kappa shape index (κ2) is 5.40. The molecule has 1 aromatic carbocycles. The summed E-state index contributed by atoms with van der Waals surface area (Å²) in [4.78, 5) is 0.947. The average molecular weight is 333 g/mol. The third-order valence-electron chi connectivity index (χ3n) is 2.45. The number of hydrogen-bond acceptors (Lipinski definition) is 3. The summed E-state index contributed by atoms with van der Waals surface area (Å²) in [6, 6.07) is 7.35. The molecule has 1 heterocycles. The van der Waals surface area contributed by atoms with Gasteiger partial charge in [0.1, 0.15) is 5.75 Å². The molecular weight excluding hydrogens is 322 g/mol. The van der Waals surface area contributed by atoms with Crippen molar-refractivity contribution < 1.29 is 4.74 Å². The van der Waals surface area contributed by atoms with Crippen molar-refractivity contribution in [2.24, 2.45) is 5.73 Å². The second-order valence-corrected chi connectivity index (χ2v) is 5.77. The first-order valence-electron chi connectivity index (χ1n) is 4.95. The zero-order chi connectivity index (χ0) is 12.4. The van der Waals surface area contributed by atoms with Crippen LogP contribution in [0.3, 0.4) is 0 Å². The van der Waals surface area contributed by atoms with Gasteiger partial charge in [-0.2, -0.15) is 0 Å². The Kier molecular flexibility index (Phi) is 4.09. The van der Waals surface area contributed by atoms with Gasteiger partial charge < -0.3 is 10.5 Å². The Morgan fingerprint density at radius 1 is 1.41 bits per heavy atom. The van der Waals surface area contributed by atoms with Crippen molar-refractivity contribution in [3.05, 3.63) is 49.6 Å². The molecule has 0 aliphatic carbocycles. The van der Waals surface area contributed by atoms with Gasteiger partial charge in [-0.1, -0.05) is 27.5 Å². The van der Waals surface area contributed by atoms with Gasteiger partial charge in [-0.25, -0.2) is 0 Å². The van der Waals surface area contributed by atoms with Crippen molar-refractivity contribution in [1.82, 2.24) is 0 Å². The molecule has 1 unspecified atom stereocenters. The van der Waals surface area contributed by atoms with Crippen molar-refractivity contribution >= 4 is 38.9 Å². The molecule has 0 bridgehead atoms. The van der Waals surface area contributed by atoms with Crippen LogP contribution in [-0.2, 0) is 0 Å². The molecule has 2 rings (SSSR count). The minimum absolute atomic E-state index is 0.269. The highest BCUT2D eigenvalue weighted by Crippen LogP contribution is 2.36. The number of rotatable bonds is 3.